The van der Waals surface area contributed by atoms with Crippen molar-refractivity contribution in [2.75, 3.05) is 25.0 Å². The van der Waals surface area contributed by atoms with Gasteiger partial charge in [0.05, 0.1) is 16.1 Å². The molecule has 0 radical (unpaired) electrons. The lowest BCUT2D eigenvalue weighted by atomic mass is 9.94. The van der Waals surface area contributed by atoms with Crippen LogP contribution in [0.1, 0.15) is 47.9 Å². The molecule has 33 heavy (non-hydrogen) atoms. The van der Waals surface area contributed by atoms with E-state index in [1.807, 2.05) is 13.8 Å². The predicted octanol–water partition coefficient (Wildman–Crippen LogP) is 3.35. The molecular formula is C24H28N2O6S. The van der Waals surface area contributed by atoms with Crippen LogP contribution >= 0.6 is 0 Å². The number of nitrogens with zero attached hydrogens (tertiary/aromatic N) is 1. The molecule has 0 saturated carbocycles. The number of rotatable bonds is 7. The first-order valence-electron chi connectivity index (χ1n) is 10.7. The van der Waals surface area contributed by atoms with E-state index in [1.54, 1.807) is 24.3 Å². The first-order chi connectivity index (χ1) is 15.6. The standard InChI is InChI=1S/C24H28N2O6S/c1-16-11-17(2)14-26(13-16)33(30,31)20-8-6-7-19(12-20)24(29)32-15-23(28)25-22-10-5-4-9-21(22)18(3)27/h4-10,12,16-17H,11,13-15H2,1-3H3,(H,25,28). The molecule has 2 aromatic rings. The molecule has 0 aromatic heterocycles. The van der Waals surface area contributed by atoms with Crippen LogP contribution in [0.3, 0.4) is 0 Å². The van der Waals surface area contributed by atoms with Crippen molar-refractivity contribution < 1.29 is 27.5 Å². The summed E-state index contributed by atoms with van der Waals surface area (Å²) in [4.78, 5) is 36.4. The summed E-state index contributed by atoms with van der Waals surface area (Å²) in [5.41, 5.74) is 0.701. The van der Waals surface area contributed by atoms with Crippen LogP contribution in [-0.4, -0.2) is 50.1 Å². The maximum absolute atomic E-state index is 13.1. The number of hydrogen-bond donors (Lipinski definition) is 1. The molecule has 2 atom stereocenters. The summed E-state index contributed by atoms with van der Waals surface area (Å²) in [5, 5.41) is 2.55. The fourth-order valence-electron chi connectivity index (χ4n) is 4.03. The van der Waals surface area contributed by atoms with E-state index in [9.17, 15) is 22.8 Å². The number of anilines is 1. The number of ether oxygens (including phenoxy) is 1. The first-order valence-corrected chi connectivity index (χ1v) is 12.2. The van der Waals surface area contributed by atoms with Crippen LogP contribution in [0.15, 0.2) is 53.4 Å². The molecule has 8 nitrogen and oxygen atoms in total. The van der Waals surface area contributed by atoms with E-state index in [0.29, 0.717) is 24.3 Å². The quantitative estimate of drug-likeness (QED) is 0.489. The molecule has 0 aliphatic carbocycles. The van der Waals surface area contributed by atoms with Crippen molar-refractivity contribution in [3.8, 4) is 0 Å². The Hall–Kier alpha value is -3.04. The van der Waals surface area contributed by atoms with Gasteiger partial charge in [-0.3, -0.25) is 9.59 Å². The molecule has 1 fully saturated rings. The molecule has 0 spiro atoms. The number of amides is 1. The van der Waals surface area contributed by atoms with Gasteiger partial charge in [-0.2, -0.15) is 4.31 Å². The number of piperidine rings is 1. The molecule has 3 rings (SSSR count). The van der Waals surface area contributed by atoms with E-state index >= 15 is 0 Å². The summed E-state index contributed by atoms with van der Waals surface area (Å²) in [7, 11) is -3.75. The number of hydrogen-bond acceptors (Lipinski definition) is 6. The molecule has 1 amide bonds. The van der Waals surface area contributed by atoms with Crippen molar-refractivity contribution in [2.24, 2.45) is 11.8 Å². The number of nitrogens with one attached hydrogen (secondary N) is 1. The predicted molar refractivity (Wildman–Crippen MR) is 124 cm³/mol. The van der Waals surface area contributed by atoms with Gasteiger partial charge in [0.25, 0.3) is 5.91 Å². The SMILES string of the molecule is CC(=O)c1ccccc1NC(=O)COC(=O)c1cccc(S(=O)(=O)N2CC(C)CC(C)C2)c1. The van der Waals surface area contributed by atoms with Gasteiger partial charge in [-0.25, -0.2) is 13.2 Å². The van der Waals surface area contributed by atoms with Gasteiger partial charge in [0.2, 0.25) is 10.0 Å². The number of Topliss-reactive ketones (excluding diaryl/α,β-unsaturated/α-hetero) is 1. The minimum atomic E-state index is -3.75. The summed E-state index contributed by atoms with van der Waals surface area (Å²) < 4.78 is 32.7. The highest BCUT2D eigenvalue weighted by atomic mass is 32.2. The molecule has 1 saturated heterocycles. The molecule has 9 heteroatoms. The summed E-state index contributed by atoms with van der Waals surface area (Å²) in [6, 6.07) is 12.1. The van der Waals surface area contributed by atoms with Crippen molar-refractivity contribution in [3.63, 3.8) is 0 Å². The number of ketones is 1. The van der Waals surface area contributed by atoms with E-state index in [2.05, 4.69) is 5.32 Å². The van der Waals surface area contributed by atoms with Crippen molar-refractivity contribution in [1.82, 2.24) is 4.31 Å². The minimum absolute atomic E-state index is 0.0121. The van der Waals surface area contributed by atoms with Crippen molar-refractivity contribution in [3.05, 3.63) is 59.7 Å². The second-order valence-corrected chi connectivity index (χ2v) is 10.5. The number of carbonyl (C=O) groups excluding carboxylic acids is 3. The smallest absolute Gasteiger partial charge is 0.338 e. The van der Waals surface area contributed by atoms with Gasteiger partial charge in [-0.1, -0.05) is 32.0 Å². The van der Waals surface area contributed by atoms with Crippen molar-refractivity contribution >= 4 is 33.4 Å². The molecular weight excluding hydrogens is 444 g/mol. The van der Waals surface area contributed by atoms with Gasteiger partial charge in [0.1, 0.15) is 0 Å². The molecule has 2 unspecified atom stereocenters. The Morgan fingerprint density at radius 2 is 1.70 bits per heavy atom. The third-order valence-corrected chi connectivity index (χ3v) is 7.29. The average molecular weight is 473 g/mol. The normalized spacial score (nSPS) is 19.0. The highest BCUT2D eigenvalue weighted by molar-refractivity contribution is 7.89. The lowest BCUT2D eigenvalue weighted by Crippen LogP contribution is -2.42. The maximum Gasteiger partial charge on any atom is 0.338 e. The molecule has 1 heterocycles. The zero-order valence-electron chi connectivity index (χ0n) is 18.9. The van der Waals surface area contributed by atoms with Gasteiger partial charge in [0, 0.05) is 18.7 Å². The Balaban J connectivity index is 1.66. The second kappa shape index (κ2) is 10.3. The number of carbonyl (C=O) groups is 3. The van der Waals surface area contributed by atoms with Crippen LogP contribution < -0.4 is 5.32 Å². The van der Waals surface area contributed by atoms with Crippen molar-refractivity contribution in [1.29, 1.82) is 0 Å². The van der Waals surface area contributed by atoms with E-state index in [4.69, 9.17) is 4.74 Å². The Bertz CT molecular complexity index is 1150. The zero-order valence-corrected chi connectivity index (χ0v) is 19.7. The highest BCUT2D eigenvalue weighted by Crippen LogP contribution is 2.27. The molecule has 176 valence electrons. The maximum atomic E-state index is 13.1. The molecule has 1 aliphatic heterocycles. The topological polar surface area (TPSA) is 110 Å². The van der Waals surface area contributed by atoms with Gasteiger partial charge in [-0.15, -0.1) is 0 Å². The lowest BCUT2D eigenvalue weighted by molar-refractivity contribution is -0.119. The van der Waals surface area contributed by atoms with Crippen LogP contribution in [0.2, 0.25) is 0 Å². The Morgan fingerprint density at radius 3 is 2.36 bits per heavy atom. The van der Waals surface area contributed by atoms with E-state index in [1.165, 1.54) is 35.5 Å². The Labute approximate surface area is 194 Å². The molecule has 0 bridgehead atoms. The van der Waals surface area contributed by atoms with Gasteiger partial charge in [-0.05, 0) is 55.5 Å². The minimum Gasteiger partial charge on any atom is -0.452 e. The van der Waals surface area contributed by atoms with Crippen LogP contribution in [0.4, 0.5) is 5.69 Å². The lowest BCUT2D eigenvalue weighted by Gasteiger charge is -2.34. The first kappa shape index (κ1) is 24.6. The van der Waals surface area contributed by atoms with Crippen LogP contribution in [0.25, 0.3) is 0 Å². The Morgan fingerprint density at radius 1 is 1.03 bits per heavy atom. The van der Waals surface area contributed by atoms with Gasteiger partial charge >= 0.3 is 5.97 Å². The number of sulfonamides is 1. The molecule has 1 aliphatic rings. The van der Waals surface area contributed by atoms with Gasteiger partial charge in [0.15, 0.2) is 12.4 Å². The average Bonchev–Trinajstić information content (AvgIpc) is 2.77. The van der Waals surface area contributed by atoms with Gasteiger partial charge < -0.3 is 10.1 Å². The second-order valence-electron chi connectivity index (χ2n) is 8.52. The van der Waals surface area contributed by atoms with E-state index in [-0.39, 0.29) is 28.1 Å². The molecule has 1 N–H and O–H groups in total. The summed E-state index contributed by atoms with van der Waals surface area (Å²) in [6.45, 7) is 5.71. The monoisotopic (exact) mass is 472 g/mol. The largest absolute Gasteiger partial charge is 0.452 e. The fourth-order valence-corrected chi connectivity index (χ4v) is 5.76. The van der Waals surface area contributed by atoms with Crippen LogP contribution in [0, 0.1) is 11.8 Å². The van der Waals surface area contributed by atoms with Crippen LogP contribution in [-0.2, 0) is 19.6 Å². The van der Waals surface area contributed by atoms with E-state index < -0.39 is 28.5 Å². The summed E-state index contributed by atoms with van der Waals surface area (Å²) >= 11 is 0. The molecule has 2 aromatic carbocycles. The fraction of sp³-hybridized carbons (Fsp3) is 0.375. The summed E-state index contributed by atoms with van der Waals surface area (Å²) in [5.74, 6) is -1.13. The van der Waals surface area contributed by atoms with E-state index in [0.717, 1.165) is 6.42 Å². The Kier molecular flexibility index (Phi) is 7.65. The third-order valence-electron chi connectivity index (χ3n) is 5.46. The number of esters is 1. The number of para-hydroxylation sites is 1. The highest BCUT2D eigenvalue weighted by Gasteiger charge is 2.32. The van der Waals surface area contributed by atoms with Crippen LogP contribution in [0.5, 0.6) is 0 Å². The zero-order chi connectivity index (χ0) is 24.2. The summed E-state index contributed by atoms with van der Waals surface area (Å²) in [6.07, 6.45) is 0.970. The third kappa shape index (κ3) is 6.06. The van der Waals surface area contributed by atoms with Crippen molar-refractivity contribution in [2.45, 2.75) is 32.1 Å². The number of benzene rings is 2.